The third-order valence-electron chi connectivity index (χ3n) is 1.59. The van der Waals surface area contributed by atoms with Gasteiger partial charge in [-0.2, -0.15) is 10.5 Å². The first-order valence-corrected chi connectivity index (χ1v) is 3.79. The minimum atomic E-state index is -0.0776. The second-order valence-corrected chi connectivity index (χ2v) is 2.56. The zero-order valence-corrected chi connectivity index (χ0v) is 7.85. The molecule has 1 rings (SSSR count). The van der Waals surface area contributed by atoms with E-state index in [4.69, 9.17) is 15.3 Å². The van der Waals surface area contributed by atoms with Gasteiger partial charge in [-0.05, 0) is 0 Å². The number of aromatic nitrogens is 2. The van der Waals surface area contributed by atoms with Crippen LogP contribution in [0.15, 0.2) is 18.1 Å². The van der Waals surface area contributed by atoms with Crippen LogP contribution in [0.4, 0.5) is 0 Å². The van der Waals surface area contributed by atoms with E-state index >= 15 is 0 Å². The largest absolute Gasteiger partial charge is 0.492 e. The highest BCUT2D eigenvalue weighted by molar-refractivity contribution is 5.67. The predicted octanol–water partition coefficient (Wildman–Crippen LogP) is 0.825. The highest BCUT2D eigenvalue weighted by atomic mass is 16.5. The molecule has 0 N–H and O–H groups in total. The molecule has 0 atom stereocenters. The molecule has 1 aromatic heterocycles. The van der Waals surface area contributed by atoms with E-state index in [0.29, 0.717) is 5.69 Å². The van der Waals surface area contributed by atoms with E-state index in [2.05, 4.69) is 4.98 Å². The van der Waals surface area contributed by atoms with E-state index in [1.54, 1.807) is 36.3 Å². The van der Waals surface area contributed by atoms with Crippen molar-refractivity contribution >= 4 is 5.76 Å². The second-order valence-electron chi connectivity index (χ2n) is 2.56. The van der Waals surface area contributed by atoms with Crippen molar-refractivity contribution in [2.75, 3.05) is 7.11 Å². The van der Waals surface area contributed by atoms with Crippen LogP contribution in [0.2, 0.25) is 0 Å². The van der Waals surface area contributed by atoms with Gasteiger partial charge in [0, 0.05) is 13.2 Å². The summed E-state index contributed by atoms with van der Waals surface area (Å²) >= 11 is 0. The SMILES string of the molecule is COC(=C(C#N)C#N)c1cn(C)cn1. The van der Waals surface area contributed by atoms with Crippen molar-refractivity contribution in [1.29, 1.82) is 10.5 Å². The quantitative estimate of drug-likeness (QED) is 0.508. The molecule has 0 bridgehead atoms. The molecule has 0 saturated carbocycles. The monoisotopic (exact) mass is 188 g/mol. The lowest BCUT2D eigenvalue weighted by Crippen LogP contribution is -1.92. The molecular weight excluding hydrogens is 180 g/mol. The molecule has 0 aromatic carbocycles. The molecule has 5 heteroatoms. The molecule has 0 unspecified atom stereocenters. The molecular formula is C9H8N4O. The zero-order valence-electron chi connectivity index (χ0n) is 7.85. The predicted molar refractivity (Wildman–Crippen MR) is 48.4 cm³/mol. The standard InChI is InChI=1S/C9H8N4O/c1-13-5-8(12-6-13)9(14-2)7(3-10)4-11/h5-6H,1-2H3. The van der Waals surface area contributed by atoms with Gasteiger partial charge in [-0.25, -0.2) is 4.98 Å². The van der Waals surface area contributed by atoms with E-state index in [9.17, 15) is 0 Å². The Morgan fingerprint density at radius 3 is 2.50 bits per heavy atom. The Morgan fingerprint density at radius 1 is 1.50 bits per heavy atom. The maximum atomic E-state index is 8.65. The van der Waals surface area contributed by atoms with Crippen LogP contribution in [0.1, 0.15) is 5.69 Å². The van der Waals surface area contributed by atoms with Crippen molar-refractivity contribution in [3.63, 3.8) is 0 Å². The minimum absolute atomic E-state index is 0.0776. The highest BCUT2D eigenvalue weighted by Gasteiger charge is 2.11. The molecule has 0 radical (unpaired) electrons. The Hall–Kier alpha value is -2.27. The molecule has 0 aliphatic rings. The number of methoxy groups -OCH3 is 1. The number of allylic oxidation sites excluding steroid dienone is 1. The van der Waals surface area contributed by atoms with Crippen LogP contribution >= 0.6 is 0 Å². The molecule has 1 aromatic rings. The summed E-state index contributed by atoms with van der Waals surface area (Å²) in [6.07, 6.45) is 3.24. The van der Waals surface area contributed by atoms with Crippen molar-refractivity contribution in [3.8, 4) is 12.1 Å². The molecule has 70 valence electrons. The van der Waals surface area contributed by atoms with Crippen LogP contribution in [0.25, 0.3) is 5.76 Å². The van der Waals surface area contributed by atoms with E-state index in [1.807, 2.05) is 0 Å². The van der Waals surface area contributed by atoms with Gasteiger partial charge < -0.3 is 9.30 Å². The number of nitriles is 2. The Morgan fingerprint density at radius 2 is 2.14 bits per heavy atom. The number of ether oxygens (including phenoxy) is 1. The maximum Gasteiger partial charge on any atom is 0.174 e. The topological polar surface area (TPSA) is 74.6 Å². The van der Waals surface area contributed by atoms with E-state index in [1.165, 1.54) is 7.11 Å². The number of aryl methyl sites for hydroxylation is 1. The lowest BCUT2D eigenvalue weighted by Gasteiger charge is -2.00. The van der Waals surface area contributed by atoms with Crippen LogP contribution in [0, 0.1) is 22.7 Å². The first kappa shape index (κ1) is 9.82. The van der Waals surface area contributed by atoms with Crippen LogP contribution in [0.5, 0.6) is 0 Å². The highest BCUT2D eigenvalue weighted by Crippen LogP contribution is 2.16. The molecule has 0 aliphatic carbocycles. The Kier molecular flexibility index (Phi) is 2.88. The summed E-state index contributed by atoms with van der Waals surface area (Å²) in [4.78, 5) is 3.98. The Bertz CT molecular complexity index is 428. The summed E-state index contributed by atoms with van der Waals surface area (Å²) in [7, 11) is 3.20. The van der Waals surface area contributed by atoms with Crippen molar-refractivity contribution in [3.05, 3.63) is 23.8 Å². The summed E-state index contributed by atoms with van der Waals surface area (Å²) in [5.74, 6) is 0.204. The lowest BCUT2D eigenvalue weighted by atomic mass is 10.2. The van der Waals surface area contributed by atoms with E-state index < -0.39 is 0 Å². The van der Waals surface area contributed by atoms with Crippen molar-refractivity contribution < 1.29 is 4.74 Å². The smallest absolute Gasteiger partial charge is 0.174 e. The van der Waals surface area contributed by atoms with Gasteiger partial charge in [-0.1, -0.05) is 0 Å². The van der Waals surface area contributed by atoms with Gasteiger partial charge in [-0.15, -0.1) is 0 Å². The van der Waals surface area contributed by atoms with Crippen LogP contribution in [-0.4, -0.2) is 16.7 Å². The van der Waals surface area contributed by atoms with Crippen LogP contribution in [0.3, 0.4) is 0 Å². The average molecular weight is 188 g/mol. The summed E-state index contributed by atoms with van der Waals surface area (Å²) < 4.78 is 6.66. The van der Waals surface area contributed by atoms with Gasteiger partial charge in [0.2, 0.25) is 0 Å². The van der Waals surface area contributed by atoms with Crippen molar-refractivity contribution in [2.45, 2.75) is 0 Å². The van der Waals surface area contributed by atoms with E-state index in [0.717, 1.165) is 0 Å². The molecule has 0 fully saturated rings. The number of imidazole rings is 1. The van der Waals surface area contributed by atoms with Gasteiger partial charge in [0.05, 0.1) is 13.4 Å². The normalized spacial score (nSPS) is 8.57. The number of rotatable bonds is 2. The van der Waals surface area contributed by atoms with Gasteiger partial charge in [-0.3, -0.25) is 0 Å². The third kappa shape index (κ3) is 1.73. The van der Waals surface area contributed by atoms with Gasteiger partial charge >= 0.3 is 0 Å². The maximum absolute atomic E-state index is 8.65. The summed E-state index contributed by atoms with van der Waals surface area (Å²) in [6.45, 7) is 0. The first-order chi connectivity index (χ1) is 6.72. The average Bonchev–Trinajstić information content (AvgIpc) is 2.60. The fourth-order valence-electron chi connectivity index (χ4n) is 0.991. The van der Waals surface area contributed by atoms with Crippen molar-refractivity contribution in [2.24, 2.45) is 7.05 Å². The van der Waals surface area contributed by atoms with Gasteiger partial charge in [0.15, 0.2) is 11.3 Å². The number of nitrogens with zero attached hydrogens (tertiary/aromatic N) is 4. The Labute approximate surface area is 81.5 Å². The lowest BCUT2D eigenvalue weighted by molar-refractivity contribution is 0.367. The van der Waals surface area contributed by atoms with E-state index in [-0.39, 0.29) is 11.3 Å². The number of hydrogen-bond donors (Lipinski definition) is 0. The van der Waals surface area contributed by atoms with Gasteiger partial charge in [0.1, 0.15) is 17.8 Å². The summed E-state index contributed by atoms with van der Waals surface area (Å²) in [5, 5.41) is 17.3. The van der Waals surface area contributed by atoms with Crippen LogP contribution in [-0.2, 0) is 11.8 Å². The van der Waals surface area contributed by atoms with Crippen LogP contribution < -0.4 is 0 Å². The molecule has 0 saturated heterocycles. The fraction of sp³-hybridized carbons (Fsp3) is 0.222. The molecule has 0 aliphatic heterocycles. The molecule has 5 nitrogen and oxygen atoms in total. The number of hydrogen-bond acceptors (Lipinski definition) is 4. The molecule has 1 heterocycles. The minimum Gasteiger partial charge on any atom is -0.492 e. The second kappa shape index (κ2) is 4.11. The van der Waals surface area contributed by atoms with Gasteiger partial charge in [0.25, 0.3) is 0 Å². The summed E-state index contributed by atoms with van der Waals surface area (Å²) in [5.41, 5.74) is 0.402. The Balaban J connectivity index is 3.25. The molecule has 0 spiro atoms. The third-order valence-corrected chi connectivity index (χ3v) is 1.59. The molecule has 0 amide bonds. The first-order valence-electron chi connectivity index (χ1n) is 3.79. The molecule has 14 heavy (non-hydrogen) atoms. The van der Waals surface area contributed by atoms with Crippen molar-refractivity contribution in [1.82, 2.24) is 9.55 Å². The summed E-state index contributed by atoms with van der Waals surface area (Å²) in [6, 6.07) is 3.51. The zero-order chi connectivity index (χ0) is 10.6. The fourth-order valence-corrected chi connectivity index (χ4v) is 0.991.